The predicted octanol–water partition coefficient (Wildman–Crippen LogP) is 1.55. The van der Waals surface area contributed by atoms with E-state index < -0.39 is 0 Å². The summed E-state index contributed by atoms with van der Waals surface area (Å²) < 4.78 is 5.58. The number of ether oxygens (including phenoxy) is 1. The van der Waals surface area contributed by atoms with E-state index in [1.807, 2.05) is 14.1 Å². The lowest BCUT2D eigenvalue weighted by atomic mass is 9.89. The zero-order chi connectivity index (χ0) is 20.4. The van der Waals surface area contributed by atoms with Crippen LogP contribution in [0.25, 0.3) is 0 Å². The lowest BCUT2D eigenvalue weighted by molar-refractivity contribution is -0.133. The first kappa shape index (κ1) is 23.7. The number of amides is 1. The van der Waals surface area contributed by atoms with Crippen molar-refractivity contribution in [1.29, 1.82) is 0 Å². The number of guanidine groups is 1. The van der Waals surface area contributed by atoms with Gasteiger partial charge >= 0.3 is 0 Å². The second-order valence-electron chi connectivity index (χ2n) is 8.52. The standard InChI is InChI=1S/C20H41N5O2/c1-8-21-19(23-15-17(27-7)20(2,3)4)22-12-10-14-25-13-9-11-16(25)18(26)24(5)6/h16-17H,8-15H2,1-7H3,(H2,21,22,23). The van der Waals surface area contributed by atoms with Crippen molar-refractivity contribution in [2.45, 2.75) is 59.1 Å². The molecule has 1 rings (SSSR count). The Morgan fingerprint density at radius 2 is 2.04 bits per heavy atom. The molecule has 7 heteroatoms. The number of nitrogens with zero attached hydrogens (tertiary/aromatic N) is 3. The van der Waals surface area contributed by atoms with Crippen molar-refractivity contribution in [3.05, 3.63) is 0 Å². The Bertz CT molecular complexity index is 473. The average molecular weight is 384 g/mol. The maximum absolute atomic E-state index is 12.3. The molecule has 0 aromatic rings. The number of aliphatic imine (C=N–C) groups is 1. The molecule has 0 saturated carbocycles. The minimum atomic E-state index is 0.0520. The Morgan fingerprint density at radius 3 is 2.59 bits per heavy atom. The van der Waals surface area contributed by atoms with E-state index in [1.165, 1.54) is 0 Å². The Morgan fingerprint density at radius 1 is 1.33 bits per heavy atom. The molecule has 27 heavy (non-hydrogen) atoms. The van der Waals surface area contributed by atoms with Crippen molar-refractivity contribution in [3.8, 4) is 0 Å². The molecule has 2 N–H and O–H groups in total. The molecular weight excluding hydrogens is 342 g/mol. The topological polar surface area (TPSA) is 69.2 Å². The van der Waals surface area contributed by atoms with Gasteiger partial charge in [0.1, 0.15) is 0 Å². The second kappa shape index (κ2) is 11.5. The van der Waals surface area contributed by atoms with E-state index in [1.54, 1.807) is 12.0 Å². The summed E-state index contributed by atoms with van der Waals surface area (Å²) in [6, 6.07) is 0.0520. The molecule has 0 aliphatic carbocycles. The van der Waals surface area contributed by atoms with Crippen LogP contribution >= 0.6 is 0 Å². The first-order valence-corrected chi connectivity index (χ1v) is 10.2. The molecule has 0 radical (unpaired) electrons. The summed E-state index contributed by atoms with van der Waals surface area (Å²) in [5.41, 5.74) is 0.0549. The third-order valence-electron chi connectivity index (χ3n) is 5.01. The van der Waals surface area contributed by atoms with Gasteiger partial charge in [0.15, 0.2) is 5.96 Å². The first-order chi connectivity index (χ1) is 12.7. The summed E-state index contributed by atoms with van der Waals surface area (Å²) in [6.45, 7) is 12.8. The number of likely N-dealkylation sites (tertiary alicyclic amines) is 1. The largest absolute Gasteiger partial charge is 0.379 e. The van der Waals surface area contributed by atoms with Crippen molar-refractivity contribution >= 4 is 11.9 Å². The van der Waals surface area contributed by atoms with Gasteiger partial charge in [0.2, 0.25) is 5.91 Å². The molecule has 0 bridgehead atoms. The maximum atomic E-state index is 12.3. The summed E-state index contributed by atoms with van der Waals surface area (Å²) in [4.78, 5) is 21.0. The fourth-order valence-corrected chi connectivity index (χ4v) is 3.38. The van der Waals surface area contributed by atoms with Crippen molar-refractivity contribution in [2.75, 3.05) is 53.9 Å². The van der Waals surface area contributed by atoms with Crippen molar-refractivity contribution in [3.63, 3.8) is 0 Å². The van der Waals surface area contributed by atoms with E-state index in [0.717, 1.165) is 51.4 Å². The van der Waals surface area contributed by atoms with Gasteiger partial charge in [0.05, 0.1) is 18.7 Å². The Labute approximate surface area is 165 Å². The highest BCUT2D eigenvalue weighted by atomic mass is 16.5. The Hall–Kier alpha value is -1.34. The van der Waals surface area contributed by atoms with E-state index in [0.29, 0.717) is 6.54 Å². The van der Waals surface area contributed by atoms with E-state index in [9.17, 15) is 4.79 Å². The van der Waals surface area contributed by atoms with Gasteiger partial charge in [-0.2, -0.15) is 0 Å². The normalized spacial score (nSPS) is 19.8. The minimum Gasteiger partial charge on any atom is -0.379 e. The van der Waals surface area contributed by atoms with Gasteiger partial charge in [-0.1, -0.05) is 20.8 Å². The van der Waals surface area contributed by atoms with Crippen LogP contribution in [0.2, 0.25) is 0 Å². The van der Waals surface area contributed by atoms with Crippen LogP contribution in [0.1, 0.15) is 47.0 Å². The van der Waals surface area contributed by atoms with E-state index in [-0.39, 0.29) is 23.5 Å². The molecule has 1 aliphatic heterocycles. The summed E-state index contributed by atoms with van der Waals surface area (Å²) >= 11 is 0. The Kier molecular flexibility index (Phi) is 10.1. The first-order valence-electron chi connectivity index (χ1n) is 10.2. The third kappa shape index (κ3) is 8.05. The van der Waals surface area contributed by atoms with E-state index in [4.69, 9.17) is 4.74 Å². The molecule has 1 aliphatic rings. The van der Waals surface area contributed by atoms with Gasteiger partial charge in [0.25, 0.3) is 0 Å². The number of carbonyl (C=O) groups excluding carboxylic acids is 1. The molecule has 0 aromatic heterocycles. The monoisotopic (exact) mass is 383 g/mol. The fraction of sp³-hybridized carbons (Fsp3) is 0.900. The molecule has 0 spiro atoms. The van der Waals surface area contributed by atoms with Crippen LogP contribution in [0.4, 0.5) is 0 Å². The molecular formula is C20H41N5O2. The number of likely N-dealkylation sites (N-methyl/N-ethyl adjacent to an activating group) is 1. The van der Waals surface area contributed by atoms with Gasteiger partial charge in [-0.25, -0.2) is 0 Å². The molecule has 1 heterocycles. The maximum Gasteiger partial charge on any atom is 0.239 e. The summed E-state index contributed by atoms with van der Waals surface area (Å²) in [6.07, 6.45) is 3.14. The highest BCUT2D eigenvalue weighted by molar-refractivity contribution is 5.81. The zero-order valence-corrected chi connectivity index (χ0v) is 18.5. The Balaban J connectivity index is 2.46. The number of carbonyl (C=O) groups is 1. The average Bonchev–Trinajstić information content (AvgIpc) is 3.05. The van der Waals surface area contributed by atoms with Gasteiger partial charge in [-0.3, -0.25) is 14.7 Å². The minimum absolute atomic E-state index is 0.0520. The predicted molar refractivity (Wildman–Crippen MR) is 112 cm³/mol. The fourth-order valence-electron chi connectivity index (χ4n) is 3.38. The van der Waals surface area contributed by atoms with E-state index in [2.05, 4.69) is 48.2 Å². The molecule has 0 aromatic carbocycles. The highest BCUT2D eigenvalue weighted by Crippen LogP contribution is 2.22. The van der Waals surface area contributed by atoms with Gasteiger partial charge < -0.3 is 20.3 Å². The van der Waals surface area contributed by atoms with E-state index >= 15 is 0 Å². The summed E-state index contributed by atoms with van der Waals surface area (Å²) in [5, 5.41) is 6.70. The van der Waals surface area contributed by atoms with Crippen LogP contribution in [0.5, 0.6) is 0 Å². The number of hydrogen-bond donors (Lipinski definition) is 2. The third-order valence-corrected chi connectivity index (χ3v) is 5.01. The molecule has 1 amide bonds. The molecule has 2 atom stereocenters. The number of methoxy groups -OCH3 is 1. The summed E-state index contributed by atoms with van der Waals surface area (Å²) in [5.74, 6) is 1.05. The van der Waals surface area contributed by atoms with Gasteiger partial charge in [0, 0.05) is 40.8 Å². The number of nitrogens with one attached hydrogen (secondary N) is 2. The number of rotatable bonds is 9. The van der Waals surface area contributed by atoms with Crippen molar-refractivity contribution in [1.82, 2.24) is 20.4 Å². The van der Waals surface area contributed by atoms with Crippen LogP contribution in [-0.4, -0.2) is 87.7 Å². The van der Waals surface area contributed by atoms with Gasteiger partial charge in [-0.05, 0) is 38.1 Å². The zero-order valence-electron chi connectivity index (χ0n) is 18.5. The second-order valence-corrected chi connectivity index (χ2v) is 8.52. The smallest absolute Gasteiger partial charge is 0.239 e. The summed E-state index contributed by atoms with van der Waals surface area (Å²) in [7, 11) is 5.42. The SMILES string of the molecule is CCNC(=NCC(OC)C(C)(C)C)NCCCN1CCCC1C(=O)N(C)C. The highest BCUT2D eigenvalue weighted by Gasteiger charge is 2.31. The van der Waals surface area contributed by atoms with Gasteiger partial charge in [-0.15, -0.1) is 0 Å². The lowest BCUT2D eigenvalue weighted by Crippen LogP contribution is -2.44. The number of hydrogen-bond acceptors (Lipinski definition) is 4. The van der Waals surface area contributed by atoms with Crippen molar-refractivity contribution < 1.29 is 9.53 Å². The molecule has 1 fully saturated rings. The van der Waals surface area contributed by atoms with Crippen LogP contribution in [0, 0.1) is 5.41 Å². The molecule has 1 saturated heterocycles. The molecule has 2 unspecified atom stereocenters. The van der Waals surface area contributed by atoms with Crippen molar-refractivity contribution in [2.24, 2.45) is 10.4 Å². The molecule has 158 valence electrons. The molecule has 7 nitrogen and oxygen atoms in total. The van der Waals surface area contributed by atoms with Crippen LogP contribution in [0.3, 0.4) is 0 Å². The van der Waals surface area contributed by atoms with Crippen LogP contribution in [-0.2, 0) is 9.53 Å². The quantitative estimate of drug-likeness (QED) is 0.359. The van der Waals surface area contributed by atoms with Crippen LogP contribution < -0.4 is 10.6 Å². The lowest BCUT2D eigenvalue weighted by Gasteiger charge is -2.28. The van der Waals surface area contributed by atoms with Crippen LogP contribution in [0.15, 0.2) is 4.99 Å².